The number of rotatable bonds is 8. The molecule has 0 aromatic carbocycles. The van der Waals surface area contributed by atoms with Crippen molar-refractivity contribution in [3.05, 3.63) is 0 Å². The van der Waals surface area contributed by atoms with Gasteiger partial charge < -0.3 is 0 Å². The van der Waals surface area contributed by atoms with E-state index in [4.69, 9.17) is 10.6 Å². The Hall–Kier alpha value is 1.16. The van der Waals surface area contributed by atoms with Gasteiger partial charge in [0.2, 0.25) is 0 Å². The molecule has 0 aliphatic heterocycles. The van der Waals surface area contributed by atoms with Gasteiger partial charge in [0.1, 0.15) is 0 Å². The van der Waals surface area contributed by atoms with E-state index in [0.29, 0.717) is 0 Å². The molecule has 0 spiro atoms. The first-order chi connectivity index (χ1) is 11.6. The molecule has 0 atom stereocenters. The van der Waals surface area contributed by atoms with E-state index >= 15 is 0 Å². The Kier molecular flexibility index (Phi) is 8.60. The summed E-state index contributed by atoms with van der Waals surface area (Å²) < 4.78 is 26.9. The predicted molar refractivity (Wildman–Crippen MR) is 105 cm³/mol. The third kappa shape index (κ3) is 8.80. The van der Waals surface area contributed by atoms with Crippen LogP contribution in [0, 0.1) is 0 Å². The van der Waals surface area contributed by atoms with Crippen molar-refractivity contribution in [1.29, 1.82) is 0 Å². The van der Waals surface area contributed by atoms with E-state index in [1.165, 1.54) is 38.5 Å². The van der Waals surface area contributed by atoms with Crippen molar-refractivity contribution in [2.24, 2.45) is 0 Å². The van der Waals surface area contributed by atoms with Crippen molar-refractivity contribution in [3.63, 3.8) is 0 Å². The molecular formula is C18H40O4Si2Zr. The van der Waals surface area contributed by atoms with Crippen LogP contribution >= 0.6 is 0 Å². The molecule has 0 bridgehead atoms. The van der Waals surface area contributed by atoms with E-state index in [1.807, 2.05) is 0 Å². The fourth-order valence-corrected chi connectivity index (χ4v) is 22.2. The summed E-state index contributed by atoms with van der Waals surface area (Å²) in [5, 5.41) is 0. The average molecular weight is 468 g/mol. The van der Waals surface area contributed by atoms with Gasteiger partial charge in [-0.2, -0.15) is 0 Å². The fourth-order valence-electron chi connectivity index (χ4n) is 3.67. The van der Waals surface area contributed by atoms with Crippen LogP contribution in [0.2, 0.25) is 39.3 Å². The molecular weight excluding hydrogens is 428 g/mol. The SMILES string of the molecule is C[Si](C)(C)[O][Zr]([O]C1CCCCC1)([O]C1CCCCC1)[O][Si](C)(C)C. The first-order valence-electron chi connectivity index (χ1n) is 10.3. The minimum atomic E-state index is -4.05. The summed E-state index contributed by atoms with van der Waals surface area (Å²) in [5.41, 5.74) is 0. The number of hydrogen-bond acceptors (Lipinski definition) is 4. The van der Waals surface area contributed by atoms with Crippen molar-refractivity contribution in [2.75, 3.05) is 0 Å². The topological polar surface area (TPSA) is 36.9 Å². The molecule has 2 rings (SSSR count). The molecule has 0 radical (unpaired) electrons. The molecule has 0 unspecified atom stereocenters. The van der Waals surface area contributed by atoms with Crippen molar-refractivity contribution < 1.29 is 32.7 Å². The molecule has 7 heteroatoms. The maximum atomic E-state index is 6.75. The second-order valence-corrected chi connectivity index (χ2v) is 25.2. The molecule has 0 aromatic rings. The van der Waals surface area contributed by atoms with Crippen molar-refractivity contribution in [2.45, 2.75) is 116 Å². The van der Waals surface area contributed by atoms with E-state index < -0.39 is 38.7 Å². The standard InChI is InChI=1S/2C6H11O.2C3H9OSi.Zr/c2*7-6-4-2-1-3-5-6;2*1-5(2,3)4;/h2*6H,1-5H2;2*1-3H3;/q4*-1;+4. The van der Waals surface area contributed by atoms with Crippen molar-refractivity contribution in [1.82, 2.24) is 0 Å². The molecule has 2 aliphatic carbocycles. The molecule has 0 aromatic heterocycles. The summed E-state index contributed by atoms with van der Waals surface area (Å²) in [5.74, 6) is 0. The summed E-state index contributed by atoms with van der Waals surface area (Å²) in [4.78, 5) is 0. The van der Waals surface area contributed by atoms with Crippen LogP contribution in [0.1, 0.15) is 64.2 Å². The second-order valence-electron chi connectivity index (χ2n) is 9.68. The van der Waals surface area contributed by atoms with Gasteiger partial charge in [-0.05, 0) is 0 Å². The zero-order chi connectivity index (χ0) is 18.6. The van der Waals surface area contributed by atoms with Crippen LogP contribution < -0.4 is 0 Å². The summed E-state index contributed by atoms with van der Waals surface area (Å²) in [6.45, 7) is 13.4. The molecule has 2 fully saturated rings. The van der Waals surface area contributed by atoms with Crippen LogP contribution in [-0.2, 0) is 32.7 Å². The predicted octanol–water partition coefficient (Wildman–Crippen LogP) is 6.20. The monoisotopic (exact) mass is 466 g/mol. The zero-order valence-electron chi connectivity index (χ0n) is 17.4. The first-order valence-corrected chi connectivity index (χ1v) is 21.2. The van der Waals surface area contributed by atoms with Crippen LogP contribution in [0.3, 0.4) is 0 Å². The van der Waals surface area contributed by atoms with Gasteiger partial charge in [0.15, 0.2) is 0 Å². The Morgan fingerprint density at radius 3 is 1.16 bits per heavy atom. The van der Waals surface area contributed by atoms with Gasteiger partial charge in [-0.15, -0.1) is 0 Å². The summed E-state index contributed by atoms with van der Waals surface area (Å²) in [7, 11) is -3.64. The summed E-state index contributed by atoms with van der Waals surface area (Å²) in [6, 6.07) is 0. The van der Waals surface area contributed by atoms with Crippen molar-refractivity contribution in [3.8, 4) is 0 Å². The Bertz CT molecular complexity index is 359. The van der Waals surface area contributed by atoms with Crippen LogP contribution in [0.4, 0.5) is 0 Å². The van der Waals surface area contributed by atoms with Gasteiger partial charge in [0.05, 0.1) is 0 Å². The van der Waals surface area contributed by atoms with Crippen LogP contribution in [-0.4, -0.2) is 28.8 Å². The zero-order valence-corrected chi connectivity index (χ0v) is 21.8. The van der Waals surface area contributed by atoms with Gasteiger partial charge in [0, 0.05) is 0 Å². The van der Waals surface area contributed by atoms with Gasteiger partial charge in [-0.25, -0.2) is 0 Å². The van der Waals surface area contributed by atoms with Gasteiger partial charge in [-0.1, -0.05) is 0 Å². The molecule has 0 amide bonds. The molecule has 0 heterocycles. The Morgan fingerprint density at radius 2 is 0.880 bits per heavy atom. The van der Waals surface area contributed by atoms with Gasteiger partial charge >= 0.3 is 165 Å². The first kappa shape index (κ1) is 22.4. The Morgan fingerprint density at radius 1 is 0.560 bits per heavy atom. The van der Waals surface area contributed by atoms with E-state index in [-0.39, 0.29) is 12.2 Å². The second kappa shape index (κ2) is 9.57. The normalized spacial score (nSPS) is 22.3. The van der Waals surface area contributed by atoms with Crippen LogP contribution in [0.15, 0.2) is 0 Å². The van der Waals surface area contributed by atoms with Crippen molar-refractivity contribution >= 4 is 16.6 Å². The molecule has 2 aliphatic rings. The maximum absolute atomic E-state index is 6.75. The molecule has 25 heavy (non-hydrogen) atoms. The minimum absolute atomic E-state index is 0.279. The van der Waals surface area contributed by atoms with Gasteiger partial charge in [-0.3, -0.25) is 0 Å². The number of hydrogen-bond donors (Lipinski definition) is 0. The fraction of sp³-hybridized carbons (Fsp3) is 1.00. The molecule has 0 N–H and O–H groups in total. The average Bonchev–Trinajstić information content (AvgIpc) is 2.45. The summed E-state index contributed by atoms with van der Waals surface area (Å²) >= 11 is -4.05. The van der Waals surface area contributed by atoms with E-state index in [0.717, 1.165) is 25.7 Å². The third-order valence-electron chi connectivity index (χ3n) is 4.59. The van der Waals surface area contributed by atoms with E-state index in [1.54, 1.807) is 0 Å². The molecule has 4 nitrogen and oxygen atoms in total. The molecule has 148 valence electrons. The molecule has 2 saturated carbocycles. The Labute approximate surface area is 164 Å². The van der Waals surface area contributed by atoms with E-state index in [2.05, 4.69) is 39.3 Å². The molecule has 0 saturated heterocycles. The van der Waals surface area contributed by atoms with Crippen LogP contribution in [0.25, 0.3) is 0 Å². The van der Waals surface area contributed by atoms with E-state index in [9.17, 15) is 0 Å². The summed E-state index contributed by atoms with van der Waals surface area (Å²) in [6.07, 6.45) is 12.8. The quantitative estimate of drug-likeness (QED) is 0.398. The third-order valence-corrected chi connectivity index (χ3v) is 22.1. The van der Waals surface area contributed by atoms with Gasteiger partial charge in [0.25, 0.3) is 0 Å². The van der Waals surface area contributed by atoms with Crippen LogP contribution in [0.5, 0.6) is 0 Å². The Balaban J connectivity index is 2.21.